The Balaban J connectivity index is 2.59. The molecular formula is C11H17BrN2OS. The van der Waals surface area contributed by atoms with Gasteiger partial charge in [-0.25, -0.2) is 0 Å². The van der Waals surface area contributed by atoms with Gasteiger partial charge in [0.25, 0.3) is 0 Å². The van der Waals surface area contributed by atoms with Crippen LogP contribution in [0.4, 0.5) is 0 Å². The van der Waals surface area contributed by atoms with Gasteiger partial charge < -0.3 is 11.1 Å². The summed E-state index contributed by atoms with van der Waals surface area (Å²) in [6.07, 6.45) is 0.460. The van der Waals surface area contributed by atoms with Crippen LogP contribution in [-0.2, 0) is 4.79 Å². The Kier molecular flexibility index (Phi) is 5.44. The van der Waals surface area contributed by atoms with Crippen molar-refractivity contribution in [3.05, 3.63) is 20.8 Å². The van der Waals surface area contributed by atoms with Crippen molar-refractivity contribution >= 4 is 33.2 Å². The number of rotatable bonds is 5. The fourth-order valence-corrected chi connectivity index (χ4v) is 3.01. The smallest absolute Gasteiger partial charge is 0.220 e. The van der Waals surface area contributed by atoms with Crippen molar-refractivity contribution in [2.75, 3.05) is 6.54 Å². The van der Waals surface area contributed by atoms with Gasteiger partial charge in [0.2, 0.25) is 5.91 Å². The van der Waals surface area contributed by atoms with E-state index in [1.165, 1.54) is 0 Å². The fraction of sp³-hybridized carbons (Fsp3) is 0.545. The van der Waals surface area contributed by atoms with Gasteiger partial charge >= 0.3 is 0 Å². The molecule has 0 saturated carbocycles. The van der Waals surface area contributed by atoms with E-state index >= 15 is 0 Å². The molecule has 1 aromatic heterocycles. The van der Waals surface area contributed by atoms with Gasteiger partial charge in [0, 0.05) is 39.7 Å². The summed E-state index contributed by atoms with van der Waals surface area (Å²) in [7, 11) is 0. The fourth-order valence-electron chi connectivity index (χ4n) is 1.45. The highest BCUT2D eigenvalue weighted by molar-refractivity contribution is 9.10. The van der Waals surface area contributed by atoms with E-state index < -0.39 is 0 Å². The van der Waals surface area contributed by atoms with Crippen LogP contribution in [0.1, 0.15) is 31.1 Å². The molecule has 1 rings (SSSR count). The molecule has 0 radical (unpaired) electrons. The maximum absolute atomic E-state index is 11.6. The highest BCUT2D eigenvalue weighted by atomic mass is 79.9. The van der Waals surface area contributed by atoms with Gasteiger partial charge in [-0.15, -0.1) is 11.3 Å². The molecule has 0 aliphatic rings. The van der Waals surface area contributed by atoms with E-state index in [-0.39, 0.29) is 17.9 Å². The molecule has 16 heavy (non-hydrogen) atoms. The van der Waals surface area contributed by atoms with Gasteiger partial charge in [-0.1, -0.05) is 0 Å². The third-order valence-electron chi connectivity index (χ3n) is 2.16. The second kappa shape index (κ2) is 6.37. The van der Waals surface area contributed by atoms with Gasteiger partial charge in [0.1, 0.15) is 0 Å². The number of carbonyl (C=O) groups excluding carboxylic acids is 1. The molecule has 0 bridgehead atoms. The number of hydrogen-bond donors (Lipinski definition) is 2. The third-order valence-corrected chi connectivity index (χ3v) is 4.01. The van der Waals surface area contributed by atoms with E-state index in [9.17, 15) is 4.79 Å². The number of amides is 1. The summed E-state index contributed by atoms with van der Waals surface area (Å²) in [5.74, 6) is 0.185. The van der Waals surface area contributed by atoms with Crippen LogP contribution in [-0.4, -0.2) is 18.5 Å². The lowest BCUT2D eigenvalue weighted by atomic mass is 10.0. The molecule has 0 aromatic carbocycles. The largest absolute Gasteiger partial charge is 0.354 e. The van der Waals surface area contributed by atoms with Crippen molar-refractivity contribution in [1.82, 2.24) is 5.32 Å². The second-order valence-electron chi connectivity index (χ2n) is 4.03. The first-order valence-electron chi connectivity index (χ1n) is 5.26. The lowest BCUT2D eigenvalue weighted by molar-refractivity contribution is -0.121. The molecule has 1 aromatic rings. The number of hydrogen-bond acceptors (Lipinski definition) is 3. The van der Waals surface area contributed by atoms with E-state index in [1.807, 2.05) is 25.3 Å². The maximum Gasteiger partial charge on any atom is 0.220 e. The van der Waals surface area contributed by atoms with Crippen LogP contribution in [0.2, 0.25) is 0 Å². The van der Waals surface area contributed by atoms with Crippen molar-refractivity contribution < 1.29 is 4.79 Å². The minimum absolute atomic E-state index is 0.0648. The topological polar surface area (TPSA) is 55.1 Å². The van der Waals surface area contributed by atoms with Gasteiger partial charge in [-0.05, 0) is 35.8 Å². The molecule has 90 valence electrons. The predicted octanol–water partition coefficient (Wildman–Crippen LogP) is 2.47. The molecule has 0 aliphatic carbocycles. The summed E-state index contributed by atoms with van der Waals surface area (Å²) < 4.78 is 1.05. The van der Waals surface area contributed by atoms with Crippen LogP contribution in [0.25, 0.3) is 0 Å². The van der Waals surface area contributed by atoms with E-state index in [2.05, 4.69) is 21.2 Å². The molecule has 0 fully saturated rings. The summed E-state index contributed by atoms with van der Waals surface area (Å²) in [4.78, 5) is 12.8. The zero-order chi connectivity index (χ0) is 12.1. The van der Waals surface area contributed by atoms with E-state index in [1.54, 1.807) is 11.3 Å². The maximum atomic E-state index is 11.6. The van der Waals surface area contributed by atoms with Crippen molar-refractivity contribution in [3.63, 3.8) is 0 Å². The Labute approximate surface area is 109 Å². The minimum Gasteiger partial charge on any atom is -0.354 e. The number of carbonyl (C=O) groups is 1. The highest BCUT2D eigenvalue weighted by Gasteiger charge is 2.16. The summed E-state index contributed by atoms with van der Waals surface area (Å²) in [6.45, 7) is 4.41. The van der Waals surface area contributed by atoms with Crippen molar-refractivity contribution in [2.24, 2.45) is 5.73 Å². The van der Waals surface area contributed by atoms with Gasteiger partial charge in [0.15, 0.2) is 0 Å². The lowest BCUT2D eigenvalue weighted by Gasteiger charge is -2.14. The van der Waals surface area contributed by atoms with E-state index in [4.69, 9.17) is 5.73 Å². The Bertz CT molecular complexity index is 352. The zero-order valence-electron chi connectivity index (χ0n) is 9.50. The molecule has 1 amide bonds. The Hall–Kier alpha value is -0.390. The second-order valence-corrected chi connectivity index (χ2v) is 5.88. The van der Waals surface area contributed by atoms with Crippen LogP contribution in [0.5, 0.6) is 0 Å². The Morgan fingerprint density at radius 2 is 2.31 bits per heavy atom. The number of nitrogens with one attached hydrogen (secondary N) is 1. The molecule has 0 spiro atoms. The molecule has 3 nitrogen and oxygen atoms in total. The van der Waals surface area contributed by atoms with Gasteiger partial charge in [0.05, 0.1) is 0 Å². The first-order chi connectivity index (χ1) is 7.52. The molecule has 1 unspecified atom stereocenters. The van der Waals surface area contributed by atoms with E-state index in [0.717, 1.165) is 9.35 Å². The summed E-state index contributed by atoms with van der Waals surface area (Å²) in [5.41, 5.74) is 5.70. The SMILES string of the molecule is CC(C)NC(=O)CC(CN)c1cc(Br)cs1. The Morgan fingerprint density at radius 1 is 1.62 bits per heavy atom. The first kappa shape index (κ1) is 13.7. The lowest BCUT2D eigenvalue weighted by Crippen LogP contribution is -2.32. The molecule has 1 atom stereocenters. The molecular weight excluding hydrogens is 288 g/mol. The minimum atomic E-state index is 0.0648. The number of nitrogens with two attached hydrogens (primary N) is 1. The average Bonchev–Trinajstić information content (AvgIpc) is 2.60. The monoisotopic (exact) mass is 304 g/mol. The number of halogens is 1. The molecule has 5 heteroatoms. The van der Waals surface area contributed by atoms with Crippen LogP contribution >= 0.6 is 27.3 Å². The summed E-state index contributed by atoms with van der Waals surface area (Å²) in [5, 5.41) is 4.89. The summed E-state index contributed by atoms with van der Waals surface area (Å²) in [6, 6.07) is 2.21. The molecule has 0 saturated heterocycles. The molecule has 3 N–H and O–H groups in total. The van der Waals surface area contributed by atoms with Crippen LogP contribution in [0.15, 0.2) is 15.9 Å². The van der Waals surface area contributed by atoms with Crippen LogP contribution in [0, 0.1) is 0 Å². The van der Waals surface area contributed by atoms with Crippen molar-refractivity contribution in [2.45, 2.75) is 32.2 Å². The average molecular weight is 305 g/mol. The third kappa shape index (κ3) is 4.23. The van der Waals surface area contributed by atoms with Gasteiger partial charge in [-0.3, -0.25) is 4.79 Å². The highest BCUT2D eigenvalue weighted by Crippen LogP contribution is 2.28. The van der Waals surface area contributed by atoms with Crippen LogP contribution < -0.4 is 11.1 Å². The normalized spacial score (nSPS) is 12.8. The summed E-state index contributed by atoms with van der Waals surface area (Å²) >= 11 is 5.04. The zero-order valence-corrected chi connectivity index (χ0v) is 11.9. The number of thiophene rings is 1. The Morgan fingerprint density at radius 3 is 2.75 bits per heavy atom. The molecule has 1 heterocycles. The van der Waals surface area contributed by atoms with Crippen molar-refractivity contribution in [3.8, 4) is 0 Å². The van der Waals surface area contributed by atoms with Crippen molar-refractivity contribution in [1.29, 1.82) is 0 Å². The molecule has 0 aliphatic heterocycles. The standard InChI is InChI=1S/C11H17BrN2OS/c1-7(2)14-11(15)3-8(5-13)10-4-9(12)6-16-10/h4,6-8H,3,5,13H2,1-2H3,(H,14,15). The quantitative estimate of drug-likeness (QED) is 0.878. The van der Waals surface area contributed by atoms with E-state index in [0.29, 0.717) is 13.0 Å². The van der Waals surface area contributed by atoms with Gasteiger partial charge in [-0.2, -0.15) is 0 Å². The first-order valence-corrected chi connectivity index (χ1v) is 6.93. The van der Waals surface area contributed by atoms with Crippen LogP contribution in [0.3, 0.4) is 0 Å². The predicted molar refractivity (Wildman–Crippen MR) is 71.7 cm³/mol.